The number of carbonyl (C=O) groups is 3. The van der Waals surface area contributed by atoms with Gasteiger partial charge in [-0.15, -0.1) is 0 Å². The Bertz CT molecular complexity index is 662. The van der Waals surface area contributed by atoms with Gasteiger partial charge in [-0.25, -0.2) is 4.79 Å². The molecule has 1 aliphatic heterocycles. The van der Waals surface area contributed by atoms with Crippen LogP contribution in [0.2, 0.25) is 0 Å². The molecule has 7 nitrogen and oxygen atoms in total. The second kappa shape index (κ2) is 6.77. The Morgan fingerprint density at radius 2 is 1.82 bits per heavy atom. The molecule has 0 aromatic heterocycles. The van der Waals surface area contributed by atoms with Gasteiger partial charge in [-0.05, 0) is 53.3 Å². The molecule has 1 saturated heterocycles. The summed E-state index contributed by atoms with van der Waals surface area (Å²) in [5, 5.41) is 4.04. The number of benzene rings is 1. The molecule has 1 aliphatic rings. The van der Waals surface area contributed by atoms with Gasteiger partial charge in [-0.2, -0.15) is 0 Å². The lowest BCUT2D eigenvalue weighted by Gasteiger charge is -2.15. The molecule has 4 amide bonds. The number of carbonyl (C=O) groups excluding carboxylic acids is 3. The summed E-state index contributed by atoms with van der Waals surface area (Å²) < 4.78 is 11.5. The van der Waals surface area contributed by atoms with Crippen LogP contribution in [-0.2, 0) is 9.59 Å². The first kappa shape index (κ1) is 16.3. The Hall–Kier alpha value is -2.10. The molecule has 22 heavy (non-hydrogen) atoms. The molecule has 116 valence electrons. The van der Waals surface area contributed by atoms with E-state index in [1.54, 1.807) is 12.1 Å². The van der Waals surface area contributed by atoms with Crippen molar-refractivity contribution in [3.63, 3.8) is 0 Å². The highest BCUT2D eigenvalue weighted by molar-refractivity contribution is 14.1. The topological polar surface area (TPSA) is 93.7 Å². The summed E-state index contributed by atoms with van der Waals surface area (Å²) >= 11 is 2.07. The monoisotopic (exact) mass is 416 g/mol. The van der Waals surface area contributed by atoms with E-state index >= 15 is 0 Å². The minimum atomic E-state index is -0.827. The summed E-state index contributed by atoms with van der Waals surface area (Å²) in [5.41, 5.74) is 0.436. The summed E-state index contributed by atoms with van der Waals surface area (Å²) in [6, 6.07) is 2.58. The number of urea groups is 1. The number of methoxy groups -OCH3 is 1. The average Bonchev–Trinajstić information content (AvgIpc) is 2.43. The maximum atomic E-state index is 11.7. The molecular weight excluding hydrogens is 403 g/mol. The molecule has 0 unspecified atom stereocenters. The maximum Gasteiger partial charge on any atom is 0.328 e. The average molecular weight is 416 g/mol. The second-order valence-corrected chi connectivity index (χ2v) is 5.42. The van der Waals surface area contributed by atoms with Gasteiger partial charge in [0.05, 0.1) is 17.3 Å². The summed E-state index contributed by atoms with van der Waals surface area (Å²) in [5.74, 6) is -0.385. The number of hydrogen-bond donors (Lipinski definition) is 2. The smallest absolute Gasteiger partial charge is 0.328 e. The largest absolute Gasteiger partial charge is 0.492 e. The van der Waals surface area contributed by atoms with Gasteiger partial charge in [-0.1, -0.05) is 0 Å². The zero-order chi connectivity index (χ0) is 16.3. The molecule has 8 heteroatoms. The van der Waals surface area contributed by atoms with Crippen LogP contribution in [0.1, 0.15) is 12.5 Å². The van der Waals surface area contributed by atoms with Crippen LogP contribution in [0.3, 0.4) is 0 Å². The fraction of sp³-hybridized carbons (Fsp3) is 0.214. The molecule has 2 N–H and O–H groups in total. The first-order valence-electron chi connectivity index (χ1n) is 6.35. The molecule has 1 heterocycles. The third kappa shape index (κ3) is 3.38. The zero-order valence-corrected chi connectivity index (χ0v) is 14.0. The Morgan fingerprint density at radius 3 is 2.36 bits per heavy atom. The fourth-order valence-corrected chi connectivity index (χ4v) is 2.75. The van der Waals surface area contributed by atoms with Crippen LogP contribution in [0, 0.1) is 3.57 Å². The molecule has 0 spiro atoms. The molecule has 0 saturated carbocycles. The molecule has 0 aliphatic carbocycles. The van der Waals surface area contributed by atoms with E-state index in [4.69, 9.17) is 9.47 Å². The number of barbiturate groups is 1. The normalized spacial score (nSPS) is 14.3. The van der Waals surface area contributed by atoms with Gasteiger partial charge in [0.15, 0.2) is 11.5 Å². The SMILES string of the molecule is CCOc1cc(C=C2C(=O)NC(=O)NC2=O)cc(I)c1OC. The first-order valence-corrected chi connectivity index (χ1v) is 7.42. The van der Waals surface area contributed by atoms with Gasteiger partial charge in [0, 0.05) is 0 Å². The molecule has 1 aromatic carbocycles. The van der Waals surface area contributed by atoms with E-state index in [2.05, 4.69) is 22.6 Å². The third-order valence-corrected chi connectivity index (χ3v) is 3.59. The zero-order valence-electron chi connectivity index (χ0n) is 11.9. The van der Waals surface area contributed by atoms with E-state index in [-0.39, 0.29) is 5.57 Å². The van der Waals surface area contributed by atoms with E-state index in [0.29, 0.717) is 23.7 Å². The first-order chi connectivity index (χ1) is 10.5. The van der Waals surface area contributed by atoms with Gasteiger partial charge in [-0.3, -0.25) is 20.2 Å². The van der Waals surface area contributed by atoms with Crippen molar-refractivity contribution in [2.45, 2.75) is 6.92 Å². The van der Waals surface area contributed by atoms with Gasteiger partial charge < -0.3 is 9.47 Å². The molecule has 2 rings (SSSR count). The van der Waals surface area contributed by atoms with Crippen LogP contribution in [0.25, 0.3) is 6.08 Å². The van der Waals surface area contributed by atoms with Crippen molar-refractivity contribution in [2.24, 2.45) is 0 Å². The maximum absolute atomic E-state index is 11.7. The summed E-state index contributed by atoms with van der Waals surface area (Å²) in [7, 11) is 1.53. The third-order valence-electron chi connectivity index (χ3n) is 2.79. The number of amides is 4. The van der Waals surface area contributed by atoms with Crippen molar-refractivity contribution in [1.82, 2.24) is 10.6 Å². The van der Waals surface area contributed by atoms with Crippen LogP contribution in [0.15, 0.2) is 17.7 Å². The van der Waals surface area contributed by atoms with Crippen LogP contribution in [-0.4, -0.2) is 31.6 Å². The number of rotatable bonds is 4. The van der Waals surface area contributed by atoms with E-state index < -0.39 is 17.8 Å². The van der Waals surface area contributed by atoms with Crippen molar-refractivity contribution >= 4 is 46.5 Å². The number of hydrogen-bond acceptors (Lipinski definition) is 5. The highest BCUT2D eigenvalue weighted by atomic mass is 127. The minimum absolute atomic E-state index is 0.150. The van der Waals surface area contributed by atoms with Crippen LogP contribution >= 0.6 is 22.6 Å². The lowest BCUT2D eigenvalue weighted by Crippen LogP contribution is -2.51. The quantitative estimate of drug-likeness (QED) is 0.441. The number of imide groups is 2. The Balaban J connectivity index is 2.44. The minimum Gasteiger partial charge on any atom is -0.492 e. The molecule has 0 radical (unpaired) electrons. The molecule has 1 fully saturated rings. The lowest BCUT2D eigenvalue weighted by atomic mass is 10.1. The summed E-state index contributed by atoms with van der Waals surface area (Å²) in [6.45, 7) is 2.28. The lowest BCUT2D eigenvalue weighted by molar-refractivity contribution is -0.123. The molecule has 1 aromatic rings. The van der Waals surface area contributed by atoms with Crippen LogP contribution < -0.4 is 20.1 Å². The van der Waals surface area contributed by atoms with Gasteiger partial charge in [0.2, 0.25) is 0 Å². The Morgan fingerprint density at radius 1 is 1.18 bits per heavy atom. The van der Waals surface area contributed by atoms with E-state index in [0.717, 1.165) is 3.57 Å². The van der Waals surface area contributed by atoms with E-state index in [1.807, 2.05) is 17.6 Å². The van der Waals surface area contributed by atoms with Gasteiger partial charge >= 0.3 is 6.03 Å². The predicted molar refractivity (Wildman–Crippen MR) is 86.5 cm³/mol. The number of ether oxygens (including phenoxy) is 2. The molecule has 0 atom stereocenters. The number of halogens is 1. The van der Waals surface area contributed by atoms with E-state index in [1.165, 1.54) is 13.2 Å². The highest BCUT2D eigenvalue weighted by Crippen LogP contribution is 2.34. The van der Waals surface area contributed by atoms with Crippen molar-refractivity contribution in [1.29, 1.82) is 0 Å². The number of nitrogens with one attached hydrogen (secondary N) is 2. The van der Waals surface area contributed by atoms with Gasteiger partial charge in [0.1, 0.15) is 5.57 Å². The Kier molecular flexibility index (Phi) is 5.01. The standard InChI is InChI=1S/C14H13IN2O5/c1-3-22-10-6-7(5-9(15)11(10)21-2)4-8-12(18)16-14(20)17-13(8)19/h4-6H,3H2,1-2H3,(H2,16,17,18,19,20). The Labute approximate surface area is 140 Å². The molecule has 0 bridgehead atoms. The second-order valence-electron chi connectivity index (χ2n) is 4.26. The van der Waals surface area contributed by atoms with Crippen molar-refractivity contribution < 1.29 is 23.9 Å². The highest BCUT2D eigenvalue weighted by Gasteiger charge is 2.27. The van der Waals surface area contributed by atoms with Crippen molar-refractivity contribution in [3.05, 3.63) is 26.8 Å². The fourth-order valence-electron chi connectivity index (χ4n) is 1.91. The van der Waals surface area contributed by atoms with Crippen LogP contribution in [0.4, 0.5) is 4.79 Å². The predicted octanol–water partition coefficient (Wildman–Crippen LogP) is 1.45. The summed E-state index contributed by atoms with van der Waals surface area (Å²) in [4.78, 5) is 34.5. The van der Waals surface area contributed by atoms with E-state index in [9.17, 15) is 14.4 Å². The summed E-state index contributed by atoms with van der Waals surface area (Å²) in [6.07, 6.45) is 1.39. The van der Waals surface area contributed by atoms with Crippen LogP contribution in [0.5, 0.6) is 11.5 Å². The van der Waals surface area contributed by atoms with Gasteiger partial charge in [0.25, 0.3) is 11.8 Å². The van der Waals surface area contributed by atoms with Crippen molar-refractivity contribution in [2.75, 3.05) is 13.7 Å². The van der Waals surface area contributed by atoms with Crippen molar-refractivity contribution in [3.8, 4) is 11.5 Å². The molecular formula is C14H13IN2O5.